The van der Waals surface area contributed by atoms with Crippen LogP contribution in [0, 0.1) is 0 Å². The zero-order valence-corrected chi connectivity index (χ0v) is 11.5. The van der Waals surface area contributed by atoms with Gasteiger partial charge < -0.3 is 14.8 Å². The Labute approximate surface area is 116 Å². The summed E-state index contributed by atoms with van der Waals surface area (Å²) in [4.78, 5) is 0. The van der Waals surface area contributed by atoms with Crippen molar-refractivity contribution in [3.05, 3.63) is 11.8 Å². The van der Waals surface area contributed by atoms with Gasteiger partial charge in [-0.05, 0) is 31.4 Å². The fourth-order valence-corrected chi connectivity index (χ4v) is 1.83. The molecule has 0 aromatic carbocycles. The molecule has 1 aliphatic rings. The van der Waals surface area contributed by atoms with Crippen LogP contribution in [0.1, 0.15) is 26.2 Å². The van der Waals surface area contributed by atoms with Gasteiger partial charge in [-0.1, -0.05) is 6.92 Å². The average molecular weight is 299 g/mol. The van der Waals surface area contributed by atoms with Crippen LogP contribution in [0.2, 0.25) is 0 Å². The van der Waals surface area contributed by atoms with Crippen LogP contribution in [0.3, 0.4) is 0 Å². The van der Waals surface area contributed by atoms with Gasteiger partial charge in [0.05, 0.1) is 25.5 Å². The van der Waals surface area contributed by atoms with Gasteiger partial charge in [-0.2, -0.15) is 8.78 Å². The summed E-state index contributed by atoms with van der Waals surface area (Å²) in [6, 6.07) is -0.274. The smallest absolute Gasteiger partial charge is 0.330 e. The molecular formula is C13H21F4NO2. The van der Waals surface area contributed by atoms with Crippen molar-refractivity contribution in [2.45, 2.75) is 44.6 Å². The molecule has 0 bridgehead atoms. The van der Waals surface area contributed by atoms with Gasteiger partial charge in [0.25, 0.3) is 0 Å². The standard InChI is InChI=1S/C13H21F4NO2/c1-2-5-18-11(10-4-3-6-19-7-10)8-20-9-13(16,17)12(14)15/h7,11-12,18H,2-6,8-9H2,1H3. The molecule has 1 unspecified atom stereocenters. The van der Waals surface area contributed by atoms with E-state index in [-0.39, 0.29) is 12.6 Å². The minimum Gasteiger partial charge on any atom is -0.501 e. The number of hydrogen-bond acceptors (Lipinski definition) is 3. The van der Waals surface area contributed by atoms with Crippen molar-refractivity contribution >= 4 is 0 Å². The summed E-state index contributed by atoms with van der Waals surface area (Å²) in [5.41, 5.74) is 0.921. The zero-order valence-electron chi connectivity index (χ0n) is 11.5. The first-order valence-corrected chi connectivity index (χ1v) is 6.75. The summed E-state index contributed by atoms with van der Waals surface area (Å²) in [6.07, 6.45) is 0.407. The first-order valence-electron chi connectivity index (χ1n) is 6.75. The minimum absolute atomic E-state index is 0.0719. The van der Waals surface area contributed by atoms with E-state index in [2.05, 4.69) is 5.32 Å². The molecule has 1 aliphatic heterocycles. The van der Waals surface area contributed by atoms with Crippen LogP contribution < -0.4 is 5.32 Å². The molecule has 0 spiro atoms. The highest BCUT2D eigenvalue weighted by Gasteiger charge is 2.41. The molecule has 0 saturated carbocycles. The zero-order chi connectivity index (χ0) is 15.0. The number of alkyl halides is 4. The van der Waals surface area contributed by atoms with Gasteiger partial charge in [0.2, 0.25) is 0 Å². The lowest BCUT2D eigenvalue weighted by Gasteiger charge is -2.25. The van der Waals surface area contributed by atoms with E-state index in [0.717, 1.165) is 24.8 Å². The highest BCUT2D eigenvalue weighted by molar-refractivity contribution is 5.10. The Morgan fingerprint density at radius 2 is 2.20 bits per heavy atom. The van der Waals surface area contributed by atoms with Crippen LogP contribution in [0.4, 0.5) is 17.6 Å². The van der Waals surface area contributed by atoms with Gasteiger partial charge in [0.1, 0.15) is 6.61 Å². The molecule has 1 rings (SSSR count). The summed E-state index contributed by atoms with van der Waals surface area (Å²) in [5.74, 6) is -4.10. The lowest BCUT2D eigenvalue weighted by molar-refractivity contribution is -0.166. The Hall–Kier alpha value is -0.820. The second-order valence-electron chi connectivity index (χ2n) is 4.75. The van der Waals surface area contributed by atoms with Crippen LogP contribution in [0.5, 0.6) is 0 Å². The molecule has 0 aliphatic carbocycles. The Morgan fingerprint density at radius 1 is 1.45 bits per heavy atom. The SMILES string of the molecule is CCCNC(COCC(F)(F)C(F)F)C1=COCCC1. The van der Waals surface area contributed by atoms with E-state index in [1.807, 2.05) is 6.92 Å². The Bertz CT molecular complexity index is 311. The maximum Gasteiger partial charge on any atom is 0.330 e. The molecule has 0 aromatic rings. The van der Waals surface area contributed by atoms with Crippen LogP contribution in [0.15, 0.2) is 11.8 Å². The van der Waals surface area contributed by atoms with Crippen LogP contribution in [-0.2, 0) is 9.47 Å². The van der Waals surface area contributed by atoms with Gasteiger partial charge in [-0.25, -0.2) is 8.78 Å². The molecule has 0 fully saturated rings. The van der Waals surface area contributed by atoms with E-state index in [9.17, 15) is 17.6 Å². The molecule has 3 nitrogen and oxygen atoms in total. The minimum atomic E-state index is -4.10. The van der Waals surface area contributed by atoms with Crippen molar-refractivity contribution in [1.82, 2.24) is 5.32 Å². The number of rotatable bonds is 9. The van der Waals surface area contributed by atoms with Gasteiger partial charge >= 0.3 is 12.3 Å². The monoisotopic (exact) mass is 299 g/mol. The Morgan fingerprint density at radius 3 is 2.75 bits per heavy atom. The molecule has 0 radical (unpaired) electrons. The molecule has 0 aromatic heterocycles. The number of hydrogen-bond donors (Lipinski definition) is 1. The highest BCUT2D eigenvalue weighted by atomic mass is 19.3. The molecule has 20 heavy (non-hydrogen) atoms. The average Bonchev–Trinajstić information content (AvgIpc) is 2.43. The largest absolute Gasteiger partial charge is 0.501 e. The highest BCUT2D eigenvalue weighted by Crippen LogP contribution is 2.23. The van der Waals surface area contributed by atoms with Crippen LogP contribution in [-0.4, -0.2) is 44.8 Å². The normalized spacial score (nSPS) is 17.8. The quantitative estimate of drug-likeness (QED) is 0.664. The topological polar surface area (TPSA) is 30.5 Å². The molecule has 1 atom stereocenters. The maximum atomic E-state index is 12.8. The molecular weight excluding hydrogens is 278 g/mol. The van der Waals surface area contributed by atoms with Crippen LogP contribution in [0.25, 0.3) is 0 Å². The number of ether oxygens (including phenoxy) is 2. The third-order valence-corrected chi connectivity index (χ3v) is 2.95. The second-order valence-corrected chi connectivity index (χ2v) is 4.75. The summed E-state index contributed by atoms with van der Waals surface area (Å²) in [5, 5.41) is 3.15. The van der Waals surface area contributed by atoms with Gasteiger partial charge in [-0.3, -0.25) is 0 Å². The fourth-order valence-electron chi connectivity index (χ4n) is 1.83. The summed E-state index contributed by atoms with van der Waals surface area (Å²) < 4.78 is 59.5. The van der Waals surface area contributed by atoms with Crippen molar-refractivity contribution in [2.24, 2.45) is 0 Å². The van der Waals surface area contributed by atoms with Gasteiger partial charge in [0, 0.05) is 0 Å². The first kappa shape index (κ1) is 17.2. The molecule has 1 N–H and O–H groups in total. The van der Waals surface area contributed by atoms with Gasteiger partial charge in [-0.15, -0.1) is 0 Å². The van der Waals surface area contributed by atoms with Crippen molar-refractivity contribution in [3.63, 3.8) is 0 Å². The van der Waals surface area contributed by atoms with Crippen molar-refractivity contribution in [2.75, 3.05) is 26.4 Å². The van der Waals surface area contributed by atoms with E-state index < -0.39 is 19.0 Å². The second kappa shape index (κ2) is 8.46. The van der Waals surface area contributed by atoms with Crippen molar-refractivity contribution in [1.29, 1.82) is 0 Å². The molecule has 0 saturated heterocycles. The molecule has 118 valence electrons. The van der Waals surface area contributed by atoms with E-state index in [0.29, 0.717) is 13.2 Å². The summed E-state index contributed by atoms with van der Waals surface area (Å²) >= 11 is 0. The fraction of sp³-hybridized carbons (Fsp3) is 0.846. The Balaban J connectivity index is 2.46. The van der Waals surface area contributed by atoms with E-state index in [1.165, 1.54) is 0 Å². The van der Waals surface area contributed by atoms with E-state index >= 15 is 0 Å². The van der Waals surface area contributed by atoms with E-state index in [4.69, 9.17) is 9.47 Å². The van der Waals surface area contributed by atoms with Crippen molar-refractivity contribution < 1.29 is 27.0 Å². The number of halogens is 4. The van der Waals surface area contributed by atoms with Gasteiger partial charge in [0.15, 0.2) is 0 Å². The summed E-state index contributed by atoms with van der Waals surface area (Å²) in [6.45, 7) is 1.95. The van der Waals surface area contributed by atoms with E-state index in [1.54, 1.807) is 6.26 Å². The molecule has 0 amide bonds. The summed E-state index contributed by atoms with van der Waals surface area (Å²) in [7, 11) is 0. The predicted octanol–water partition coefficient (Wildman–Crippen LogP) is 2.97. The lowest BCUT2D eigenvalue weighted by atomic mass is 10.0. The van der Waals surface area contributed by atoms with Crippen LogP contribution >= 0.6 is 0 Å². The lowest BCUT2D eigenvalue weighted by Crippen LogP contribution is -2.39. The molecule has 7 heteroatoms. The predicted molar refractivity (Wildman–Crippen MR) is 67.1 cm³/mol. The maximum absolute atomic E-state index is 12.8. The number of nitrogens with one attached hydrogen (secondary N) is 1. The third kappa shape index (κ3) is 5.66. The third-order valence-electron chi connectivity index (χ3n) is 2.95. The Kier molecular flexibility index (Phi) is 7.29. The first-order chi connectivity index (χ1) is 9.47. The molecule has 1 heterocycles. The van der Waals surface area contributed by atoms with Crippen molar-refractivity contribution in [3.8, 4) is 0 Å².